The molecule has 2 aliphatic rings. The molecule has 4 aromatic heterocycles. The molecule has 15 heteroatoms. The monoisotopic (exact) mass is 893 g/mol. The number of nitrogens with zero attached hydrogens (tertiary/aromatic N) is 6. The number of rotatable bonds is 7. The highest BCUT2D eigenvalue weighted by Gasteiger charge is 2.20. The molecule has 59 heavy (non-hydrogen) atoms. The van der Waals surface area contributed by atoms with Gasteiger partial charge in [-0.25, -0.2) is 14.5 Å². The fourth-order valence-corrected chi connectivity index (χ4v) is 7.34. The van der Waals surface area contributed by atoms with Crippen molar-refractivity contribution in [2.75, 3.05) is 0 Å². The van der Waals surface area contributed by atoms with E-state index in [1.807, 2.05) is 84.7 Å². The zero-order valence-electron chi connectivity index (χ0n) is 30.9. The zero-order valence-corrected chi connectivity index (χ0v) is 33.2. The van der Waals surface area contributed by atoms with Gasteiger partial charge in [0, 0.05) is 92.9 Å². The minimum Gasteiger partial charge on any atom is -0.354 e. The Hall–Kier alpha value is -7.66. The number of non-ortho nitro benzene ring substituents is 3. The van der Waals surface area contributed by atoms with E-state index in [0.717, 1.165) is 16.6 Å². The lowest BCUT2D eigenvalue weighted by atomic mass is 10.0. The molecular weight excluding hydrogens is 863 g/mol. The van der Waals surface area contributed by atoms with Crippen LogP contribution in [0.3, 0.4) is 0 Å². The highest BCUT2D eigenvalue weighted by Crippen LogP contribution is 2.39. The summed E-state index contributed by atoms with van der Waals surface area (Å²) in [5.41, 5.74) is 10.8. The molecule has 0 unspecified atom stereocenters. The van der Waals surface area contributed by atoms with Gasteiger partial charge in [0.1, 0.15) is 7.05 Å². The molecule has 0 atom stereocenters. The Balaban J connectivity index is 0.00000484. The Morgan fingerprint density at radius 2 is 0.678 bits per heavy atom. The second-order valence-electron chi connectivity index (χ2n) is 13.7. The zero-order chi connectivity index (χ0) is 40.1. The Labute approximate surface area is 351 Å². The van der Waals surface area contributed by atoms with Crippen molar-refractivity contribution >= 4 is 87.4 Å². The fourth-order valence-electron chi connectivity index (χ4n) is 7.34. The lowest BCUT2D eigenvalue weighted by Crippen LogP contribution is -2.25. The lowest BCUT2D eigenvalue weighted by Gasteiger charge is -2.07. The summed E-state index contributed by atoms with van der Waals surface area (Å²) in [7, 11) is 1.94. The maximum Gasteiger partial charge on any atom is 0.269 e. The van der Waals surface area contributed by atoms with Crippen molar-refractivity contribution in [2.24, 2.45) is 7.05 Å². The molecule has 6 heterocycles. The molecule has 14 nitrogen and oxygen atoms in total. The normalized spacial score (nSPS) is 11.6. The van der Waals surface area contributed by atoms with E-state index in [2.05, 4.69) is 9.97 Å². The van der Waals surface area contributed by atoms with E-state index in [1.54, 1.807) is 36.4 Å². The van der Waals surface area contributed by atoms with E-state index in [-0.39, 0.29) is 41.0 Å². The Morgan fingerprint density at radius 3 is 0.932 bits per heavy atom. The SMILES string of the molecule is C[n+]1ccc(-c2c3nc(c(-c4ccc([N+](=O)[O-])cc4)c4ccc([nH]4)c(-c4ccc([N+](=O)[O-])cc4)c4nc(c(-c5ccc([N+](=O)[O-])cc5)c5ccc2[nH]5)C=C4)C=C3)cc1.I. The van der Waals surface area contributed by atoms with Gasteiger partial charge in [0.2, 0.25) is 0 Å². The number of fused-ring (bicyclic) bond motifs is 8. The van der Waals surface area contributed by atoms with Gasteiger partial charge < -0.3 is 9.97 Å². The first kappa shape index (κ1) is 38.2. The minimum absolute atomic E-state index is 0. The van der Waals surface area contributed by atoms with Crippen LogP contribution in [0.15, 0.2) is 122 Å². The fraction of sp³-hybridized carbons (Fsp3) is 0.0227. The van der Waals surface area contributed by atoms with Crippen LogP contribution in [0.2, 0.25) is 0 Å². The molecule has 2 aliphatic heterocycles. The molecule has 0 saturated carbocycles. The quantitative estimate of drug-likeness (QED) is 0.0683. The van der Waals surface area contributed by atoms with Crippen molar-refractivity contribution < 1.29 is 19.3 Å². The predicted octanol–water partition coefficient (Wildman–Crippen LogP) is 10.5. The van der Waals surface area contributed by atoms with E-state index in [0.29, 0.717) is 72.7 Å². The molecule has 7 aromatic rings. The Morgan fingerprint density at radius 1 is 0.424 bits per heavy atom. The molecule has 0 aliphatic carbocycles. The third kappa shape index (κ3) is 7.14. The van der Waals surface area contributed by atoms with Gasteiger partial charge in [-0.3, -0.25) is 30.3 Å². The second-order valence-corrected chi connectivity index (χ2v) is 13.7. The summed E-state index contributed by atoms with van der Waals surface area (Å²) in [6.45, 7) is 0. The van der Waals surface area contributed by atoms with E-state index in [4.69, 9.17) is 9.97 Å². The maximum atomic E-state index is 11.6. The Bertz CT molecular complexity index is 3030. The topological polar surface area (TPSA) is 191 Å². The van der Waals surface area contributed by atoms with E-state index < -0.39 is 14.8 Å². The summed E-state index contributed by atoms with van der Waals surface area (Å²) in [5, 5.41) is 34.9. The standard InChI is InChI=1S/C44H28N8O6.HI/c1-49-24-22-29(23-25-49)44-39-20-18-37(47-39)42(27-4-10-31(11-5-27)51(55)56)35-16-14-33(45-35)41(26-2-8-30(9-3-26)50(53)54)34-15-17-36(46-34)43(38-19-21-40(44)48-38)28-6-12-32(13-7-28)52(57)58;/h2-25H,1H3,(H,45,46,47,48);1H/p+1. The smallest absolute Gasteiger partial charge is 0.269 e. The van der Waals surface area contributed by atoms with Crippen LogP contribution >= 0.6 is 24.0 Å². The molecule has 0 radical (unpaired) electrons. The number of nitro benzene ring substituents is 3. The Kier molecular flexibility index (Phi) is 9.95. The summed E-state index contributed by atoms with van der Waals surface area (Å²) >= 11 is 0. The number of benzene rings is 3. The minimum atomic E-state index is -0.456. The van der Waals surface area contributed by atoms with Gasteiger partial charge in [-0.1, -0.05) is 0 Å². The molecule has 3 aromatic carbocycles. The van der Waals surface area contributed by atoms with E-state index in [1.165, 1.54) is 36.4 Å². The van der Waals surface area contributed by atoms with Gasteiger partial charge in [-0.05, 0) is 107 Å². The highest BCUT2D eigenvalue weighted by atomic mass is 127. The van der Waals surface area contributed by atoms with Crippen LogP contribution in [0.5, 0.6) is 0 Å². The highest BCUT2D eigenvalue weighted by molar-refractivity contribution is 14.0. The van der Waals surface area contributed by atoms with Gasteiger partial charge in [-0.2, -0.15) is 0 Å². The van der Waals surface area contributed by atoms with Crippen molar-refractivity contribution in [3.05, 3.63) is 175 Å². The average Bonchev–Trinajstić information content (AvgIpc) is 4.07. The number of pyridine rings is 1. The summed E-state index contributed by atoms with van der Waals surface area (Å²) < 4.78 is 1.94. The van der Waals surface area contributed by atoms with Crippen molar-refractivity contribution in [3.63, 3.8) is 0 Å². The molecular formula is C44H30IN8O6+. The van der Waals surface area contributed by atoms with Crippen LogP contribution < -0.4 is 4.57 Å². The molecule has 288 valence electrons. The number of halogens is 1. The van der Waals surface area contributed by atoms with Crippen molar-refractivity contribution in [1.82, 2.24) is 19.9 Å². The molecule has 8 bridgehead atoms. The van der Waals surface area contributed by atoms with Crippen LogP contribution in [0.25, 0.3) is 90.9 Å². The first-order valence-electron chi connectivity index (χ1n) is 18.0. The first-order valence-corrected chi connectivity index (χ1v) is 18.0. The van der Waals surface area contributed by atoms with Gasteiger partial charge in [0.05, 0.1) is 37.5 Å². The largest absolute Gasteiger partial charge is 0.354 e. The molecule has 0 fully saturated rings. The number of aromatic nitrogens is 5. The van der Waals surface area contributed by atoms with E-state index in [9.17, 15) is 30.3 Å². The predicted molar refractivity (Wildman–Crippen MR) is 237 cm³/mol. The number of nitrogens with one attached hydrogen (secondary N) is 2. The number of H-pyrrole nitrogens is 2. The summed E-state index contributed by atoms with van der Waals surface area (Å²) in [6, 6.07) is 30.5. The van der Waals surface area contributed by atoms with Crippen LogP contribution in [0.4, 0.5) is 17.1 Å². The number of aromatic amines is 2. The third-order valence-electron chi connectivity index (χ3n) is 10.1. The summed E-state index contributed by atoms with van der Waals surface area (Å²) in [6.07, 6.45) is 11.5. The van der Waals surface area contributed by atoms with Gasteiger partial charge >= 0.3 is 0 Å². The van der Waals surface area contributed by atoms with Gasteiger partial charge in [-0.15, -0.1) is 24.0 Å². The average molecular weight is 894 g/mol. The molecule has 9 rings (SSSR count). The number of aryl methyl sites for hydroxylation is 1. The number of hydrogen-bond donors (Lipinski definition) is 2. The molecule has 0 spiro atoms. The van der Waals surface area contributed by atoms with Gasteiger partial charge in [0.25, 0.3) is 17.1 Å². The summed E-state index contributed by atoms with van der Waals surface area (Å²) in [4.78, 5) is 51.1. The number of hydrogen-bond acceptors (Lipinski definition) is 8. The van der Waals surface area contributed by atoms with Crippen LogP contribution in [0.1, 0.15) is 22.8 Å². The molecule has 0 amide bonds. The molecule has 0 saturated heterocycles. The lowest BCUT2D eigenvalue weighted by molar-refractivity contribution is -0.671. The summed E-state index contributed by atoms with van der Waals surface area (Å²) in [5.74, 6) is 0. The second kappa shape index (κ2) is 15.4. The van der Waals surface area contributed by atoms with Crippen molar-refractivity contribution in [2.45, 2.75) is 0 Å². The van der Waals surface area contributed by atoms with Crippen molar-refractivity contribution in [3.8, 4) is 44.5 Å². The number of nitro groups is 3. The maximum absolute atomic E-state index is 11.6. The van der Waals surface area contributed by atoms with Crippen LogP contribution in [-0.4, -0.2) is 34.7 Å². The van der Waals surface area contributed by atoms with Gasteiger partial charge in [0.15, 0.2) is 12.4 Å². The van der Waals surface area contributed by atoms with Crippen LogP contribution in [0, 0.1) is 30.3 Å². The first-order chi connectivity index (χ1) is 28.1. The third-order valence-corrected chi connectivity index (χ3v) is 10.1. The van der Waals surface area contributed by atoms with E-state index >= 15 is 0 Å². The molecule has 2 N–H and O–H groups in total. The van der Waals surface area contributed by atoms with Crippen LogP contribution in [-0.2, 0) is 7.05 Å². The van der Waals surface area contributed by atoms with Crippen molar-refractivity contribution in [1.29, 1.82) is 0 Å².